The van der Waals surface area contributed by atoms with Gasteiger partial charge in [-0.25, -0.2) is 0 Å². The number of benzene rings is 1. The Morgan fingerprint density at radius 3 is 2.82 bits per heavy atom. The molecule has 1 amide bonds. The maximum absolute atomic E-state index is 11.8. The van der Waals surface area contributed by atoms with Gasteiger partial charge in [-0.05, 0) is 37.7 Å². The molecule has 1 rings (SSSR count). The molecule has 0 saturated carbocycles. The second kappa shape index (κ2) is 7.74. The van der Waals surface area contributed by atoms with Crippen molar-refractivity contribution in [3.8, 4) is 0 Å². The number of carbonyl (C=O) groups excluding carboxylic acids is 1. The predicted molar refractivity (Wildman–Crippen MR) is 76.9 cm³/mol. The van der Waals surface area contributed by atoms with Crippen molar-refractivity contribution in [2.75, 3.05) is 19.6 Å². The number of rotatable bonds is 6. The third-order valence-electron chi connectivity index (χ3n) is 2.27. The highest BCUT2D eigenvalue weighted by Gasteiger charge is 2.08. The maximum Gasteiger partial charge on any atom is 0.252 e. The van der Waals surface area contributed by atoms with Gasteiger partial charge < -0.3 is 10.6 Å². The molecule has 0 saturated heterocycles. The van der Waals surface area contributed by atoms with Crippen LogP contribution in [0.3, 0.4) is 0 Å². The Morgan fingerprint density at radius 1 is 1.41 bits per heavy atom. The summed E-state index contributed by atoms with van der Waals surface area (Å²) < 4.78 is 0.922. The number of hydrogen-bond donors (Lipinski definition) is 3. The number of thiol groups is 1. The first-order valence-electron chi connectivity index (χ1n) is 5.62. The Bertz CT molecular complexity index is 385. The van der Waals surface area contributed by atoms with Crippen LogP contribution < -0.4 is 10.6 Å². The van der Waals surface area contributed by atoms with Gasteiger partial charge in [0.2, 0.25) is 0 Å². The van der Waals surface area contributed by atoms with Crippen LogP contribution in [0.4, 0.5) is 0 Å². The minimum Gasteiger partial charge on any atom is -0.352 e. The molecule has 0 aliphatic rings. The van der Waals surface area contributed by atoms with Crippen molar-refractivity contribution in [2.45, 2.75) is 18.2 Å². The van der Waals surface area contributed by atoms with E-state index in [0.29, 0.717) is 17.0 Å². The summed E-state index contributed by atoms with van der Waals surface area (Å²) in [4.78, 5) is 12.5. The Labute approximate surface area is 116 Å². The highest BCUT2D eigenvalue weighted by atomic mass is 79.9. The van der Waals surface area contributed by atoms with Gasteiger partial charge in [-0.3, -0.25) is 4.79 Å². The van der Waals surface area contributed by atoms with Gasteiger partial charge in [0.1, 0.15) is 0 Å². The largest absolute Gasteiger partial charge is 0.352 e. The fourth-order valence-corrected chi connectivity index (χ4v) is 2.24. The van der Waals surface area contributed by atoms with E-state index in [2.05, 4.69) is 46.1 Å². The van der Waals surface area contributed by atoms with Crippen molar-refractivity contribution in [1.82, 2.24) is 10.6 Å². The molecule has 0 spiro atoms. The van der Waals surface area contributed by atoms with Crippen LogP contribution in [0.15, 0.2) is 27.6 Å². The van der Waals surface area contributed by atoms with E-state index >= 15 is 0 Å². The van der Waals surface area contributed by atoms with Crippen LogP contribution in [0.25, 0.3) is 0 Å². The van der Waals surface area contributed by atoms with Crippen molar-refractivity contribution in [3.05, 3.63) is 28.2 Å². The maximum atomic E-state index is 11.8. The third-order valence-corrected chi connectivity index (χ3v) is 3.13. The Balaban J connectivity index is 2.42. The molecule has 0 unspecified atom stereocenters. The summed E-state index contributed by atoms with van der Waals surface area (Å²) in [6.07, 6.45) is 0.929. The summed E-state index contributed by atoms with van der Waals surface area (Å²) in [7, 11) is 0. The number of nitrogens with one attached hydrogen (secondary N) is 2. The van der Waals surface area contributed by atoms with Crippen molar-refractivity contribution in [3.63, 3.8) is 0 Å². The van der Waals surface area contributed by atoms with Gasteiger partial charge in [-0.15, -0.1) is 12.6 Å². The smallest absolute Gasteiger partial charge is 0.252 e. The quantitative estimate of drug-likeness (QED) is 0.557. The zero-order chi connectivity index (χ0) is 12.7. The standard InChI is InChI=1S/C12H17BrN2OS/c1-2-14-6-3-7-15-12(16)10-5-4-9(13)8-11(10)17/h4-5,8,14,17H,2-3,6-7H2,1H3,(H,15,16). The molecule has 0 atom stereocenters. The summed E-state index contributed by atoms with van der Waals surface area (Å²) in [6, 6.07) is 5.43. The number of halogens is 1. The molecule has 5 heteroatoms. The average molecular weight is 317 g/mol. The fourth-order valence-electron chi connectivity index (χ4n) is 1.38. The minimum absolute atomic E-state index is 0.0704. The molecule has 0 heterocycles. The fraction of sp³-hybridized carbons (Fsp3) is 0.417. The van der Waals surface area contributed by atoms with Crippen LogP contribution in [-0.4, -0.2) is 25.5 Å². The predicted octanol–water partition coefficient (Wildman–Crippen LogP) is 2.47. The van der Waals surface area contributed by atoms with Crippen molar-refractivity contribution in [2.24, 2.45) is 0 Å². The van der Waals surface area contributed by atoms with E-state index in [1.54, 1.807) is 6.07 Å². The summed E-state index contributed by atoms with van der Waals surface area (Å²) in [5.41, 5.74) is 0.611. The number of amides is 1. The zero-order valence-electron chi connectivity index (χ0n) is 9.79. The SMILES string of the molecule is CCNCCCNC(=O)c1ccc(Br)cc1S. The van der Waals surface area contributed by atoms with Gasteiger partial charge in [-0.1, -0.05) is 22.9 Å². The summed E-state index contributed by atoms with van der Waals surface area (Å²) >= 11 is 7.62. The third kappa shape index (κ3) is 5.10. The molecule has 1 aromatic carbocycles. The Morgan fingerprint density at radius 2 is 2.18 bits per heavy atom. The summed E-state index contributed by atoms with van der Waals surface area (Å²) in [5.74, 6) is -0.0704. The zero-order valence-corrected chi connectivity index (χ0v) is 12.3. The molecule has 1 aromatic rings. The first-order chi connectivity index (χ1) is 8.15. The first kappa shape index (κ1) is 14.5. The van der Waals surface area contributed by atoms with Crippen LogP contribution in [-0.2, 0) is 0 Å². The highest BCUT2D eigenvalue weighted by molar-refractivity contribution is 9.10. The van der Waals surface area contributed by atoms with E-state index in [1.807, 2.05) is 12.1 Å². The summed E-state index contributed by atoms with van der Waals surface area (Å²) in [5, 5.41) is 6.08. The van der Waals surface area contributed by atoms with E-state index in [4.69, 9.17) is 0 Å². The van der Waals surface area contributed by atoms with Crippen molar-refractivity contribution >= 4 is 34.5 Å². The van der Waals surface area contributed by atoms with Gasteiger partial charge in [0.15, 0.2) is 0 Å². The normalized spacial score (nSPS) is 10.3. The average Bonchev–Trinajstić information content (AvgIpc) is 2.28. The highest BCUT2D eigenvalue weighted by Crippen LogP contribution is 2.19. The van der Waals surface area contributed by atoms with E-state index in [0.717, 1.165) is 24.0 Å². The van der Waals surface area contributed by atoms with Crippen molar-refractivity contribution < 1.29 is 4.79 Å². The molecule has 0 fully saturated rings. The van der Waals surface area contributed by atoms with Crippen LogP contribution >= 0.6 is 28.6 Å². The molecule has 3 nitrogen and oxygen atoms in total. The second-order valence-corrected chi connectivity index (χ2v) is 5.02. The van der Waals surface area contributed by atoms with Gasteiger partial charge in [-0.2, -0.15) is 0 Å². The molecule has 0 aliphatic carbocycles. The molecule has 2 N–H and O–H groups in total. The Kier molecular flexibility index (Phi) is 6.62. The van der Waals surface area contributed by atoms with E-state index in [1.165, 1.54) is 0 Å². The molecular formula is C12H17BrN2OS. The lowest BCUT2D eigenvalue weighted by Crippen LogP contribution is -2.27. The topological polar surface area (TPSA) is 41.1 Å². The molecule has 0 aromatic heterocycles. The molecular weight excluding hydrogens is 300 g/mol. The monoisotopic (exact) mass is 316 g/mol. The second-order valence-electron chi connectivity index (χ2n) is 3.62. The van der Waals surface area contributed by atoms with E-state index in [9.17, 15) is 4.79 Å². The van der Waals surface area contributed by atoms with Gasteiger partial charge >= 0.3 is 0 Å². The van der Waals surface area contributed by atoms with Gasteiger partial charge in [0.05, 0.1) is 5.56 Å². The van der Waals surface area contributed by atoms with Gasteiger partial charge in [0, 0.05) is 15.9 Å². The molecule has 94 valence electrons. The lowest BCUT2D eigenvalue weighted by Gasteiger charge is -2.07. The first-order valence-corrected chi connectivity index (χ1v) is 6.86. The number of hydrogen-bond acceptors (Lipinski definition) is 3. The van der Waals surface area contributed by atoms with E-state index in [-0.39, 0.29) is 5.91 Å². The van der Waals surface area contributed by atoms with Crippen LogP contribution in [0.1, 0.15) is 23.7 Å². The van der Waals surface area contributed by atoms with E-state index < -0.39 is 0 Å². The number of carbonyl (C=O) groups is 1. The minimum atomic E-state index is -0.0704. The van der Waals surface area contributed by atoms with Crippen LogP contribution in [0, 0.1) is 0 Å². The lowest BCUT2D eigenvalue weighted by molar-refractivity contribution is 0.0950. The molecule has 0 bridgehead atoms. The van der Waals surface area contributed by atoms with Crippen molar-refractivity contribution in [1.29, 1.82) is 0 Å². The van der Waals surface area contributed by atoms with Gasteiger partial charge in [0.25, 0.3) is 5.91 Å². The molecule has 0 radical (unpaired) electrons. The van der Waals surface area contributed by atoms with Crippen LogP contribution in [0.2, 0.25) is 0 Å². The lowest BCUT2D eigenvalue weighted by atomic mass is 10.2. The molecule has 17 heavy (non-hydrogen) atoms. The van der Waals surface area contributed by atoms with Crippen LogP contribution in [0.5, 0.6) is 0 Å². The Hall–Kier alpha value is -0.520. The summed E-state index contributed by atoms with van der Waals surface area (Å²) in [6.45, 7) is 4.62. The molecule has 0 aliphatic heterocycles.